The SMILES string of the molecule is CCCCOC(=O)c1cc([N+](=O)[O-])c[nH]c1=O. The van der Waals surface area contributed by atoms with Gasteiger partial charge in [-0.2, -0.15) is 0 Å². The summed E-state index contributed by atoms with van der Waals surface area (Å²) in [6.07, 6.45) is 2.46. The molecule has 1 aromatic heterocycles. The molecule has 0 spiro atoms. The Kier molecular flexibility index (Phi) is 4.38. The minimum atomic E-state index is -0.844. The summed E-state index contributed by atoms with van der Waals surface area (Å²) in [5.74, 6) is -0.844. The number of nitrogens with zero attached hydrogens (tertiary/aromatic N) is 1. The number of hydrogen-bond acceptors (Lipinski definition) is 5. The van der Waals surface area contributed by atoms with E-state index in [1.165, 1.54) is 0 Å². The van der Waals surface area contributed by atoms with Crippen molar-refractivity contribution < 1.29 is 14.5 Å². The average Bonchev–Trinajstić information content (AvgIpc) is 2.29. The maximum Gasteiger partial charge on any atom is 0.344 e. The number of pyridine rings is 1. The third-order valence-corrected chi connectivity index (χ3v) is 2.05. The zero-order chi connectivity index (χ0) is 12.8. The Morgan fingerprint density at radius 1 is 1.59 bits per heavy atom. The molecule has 1 aromatic rings. The molecule has 0 aliphatic rings. The second-order valence-corrected chi connectivity index (χ2v) is 3.35. The number of nitrogens with one attached hydrogen (secondary N) is 1. The molecule has 92 valence electrons. The quantitative estimate of drug-likeness (QED) is 0.361. The molecule has 0 atom stereocenters. The Bertz CT molecular complexity index is 480. The summed E-state index contributed by atoms with van der Waals surface area (Å²) >= 11 is 0. The standard InChI is InChI=1S/C10H12N2O5/c1-2-3-4-17-10(14)8-5-7(12(15)16)6-11-9(8)13/h5-6H,2-4H2,1H3,(H,11,13). The molecule has 0 aliphatic heterocycles. The highest BCUT2D eigenvalue weighted by atomic mass is 16.6. The Morgan fingerprint density at radius 3 is 2.88 bits per heavy atom. The highest BCUT2D eigenvalue weighted by Gasteiger charge is 2.16. The molecule has 0 saturated heterocycles. The number of nitro groups is 1. The minimum Gasteiger partial charge on any atom is -0.462 e. The van der Waals surface area contributed by atoms with Crippen LogP contribution in [0.4, 0.5) is 5.69 Å². The minimum absolute atomic E-state index is 0.192. The third-order valence-electron chi connectivity index (χ3n) is 2.05. The number of ether oxygens (including phenoxy) is 1. The van der Waals surface area contributed by atoms with Crippen molar-refractivity contribution in [1.29, 1.82) is 0 Å². The van der Waals surface area contributed by atoms with Crippen molar-refractivity contribution in [3.8, 4) is 0 Å². The fourth-order valence-corrected chi connectivity index (χ4v) is 1.12. The van der Waals surface area contributed by atoms with Crippen LogP contribution < -0.4 is 5.56 Å². The molecule has 0 radical (unpaired) electrons. The lowest BCUT2D eigenvalue weighted by Crippen LogP contribution is -2.20. The summed E-state index contributed by atoms with van der Waals surface area (Å²) in [6.45, 7) is 2.12. The molecule has 0 aliphatic carbocycles. The highest BCUT2D eigenvalue weighted by Crippen LogP contribution is 2.09. The fraction of sp³-hybridized carbons (Fsp3) is 0.400. The van der Waals surface area contributed by atoms with Gasteiger partial charge in [0.25, 0.3) is 11.2 Å². The number of aromatic amines is 1. The summed E-state index contributed by atoms with van der Waals surface area (Å²) in [5, 5.41) is 10.5. The van der Waals surface area contributed by atoms with Crippen molar-refractivity contribution in [3.05, 3.63) is 38.3 Å². The van der Waals surface area contributed by atoms with Crippen LogP contribution in [0.15, 0.2) is 17.1 Å². The number of unbranched alkanes of at least 4 members (excludes halogenated alkanes) is 1. The van der Waals surface area contributed by atoms with Gasteiger partial charge in [-0.15, -0.1) is 0 Å². The van der Waals surface area contributed by atoms with Crippen LogP contribution in [0.3, 0.4) is 0 Å². The van der Waals surface area contributed by atoms with E-state index < -0.39 is 16.5 Å². The number of carbonyl (C=O) groups excluding carboxylic acids is 1. The molecule has 7 heteroatoms. The van der Waals surface area contributed by atoms with Crippen molar-refractivity contribution in [2.75, 3.05) is 6.61 Å². The van der Waals surface area contributed by atoms with E-state index >= 15 is 0 Å². The predicted molar refractivity (Wildman–Crippen MR) is 58.9 cm³/mol. The van der Waals surface area contributed by atoms with E-state index in [-0.39, 0.29) is 17.9 Å². The van der Waals surface area contributed by atoms with Gasteiger partial charge in [0, 0.05) is 6.07 Å². The third kappa shape index (κ3) is 3.40. The highest BCUT2D eigenvalue weighted by molar-refractivity contribution is 5.89. The van der Waals surface area contributed by atoms with Crippen LogP contribution in [0.1, 0.15) is 30.1 Å². The molecule has 1 N–H and O–H groups in total. The zero-order valence-corrected chi connectivity index (χ0v) is 9.26. The first kappa shape index (κ1) is 12.9. The number of rotatable bonds is 5. The molecule has 1 heterocycles. The largest absolute Gasteiger partial charge is 0.462 e. The van der Waals surface area contributed by atoms with Crippen LogP contribution in [-0.2, 0) is 4.74 Å². The topological polar surface area (TPSA) is 102 Å². The van der Waals surface area contributed by atoms with Crippen molar-refractivity contribution >= 4 is 11.7 Å². The van der Waals surface area contributed by atoms with Crippen molar-refractivity contribution in [1.82, 2.24) is 4.98 Å². The van der Waals surface area contributed by atoms with Gasteiger partial charge in [-0.05, 0) is 6.42 Å². The van der Waals surface area contributed by atoms with Crippen molar-refractivity contribution in [2.45, 2.75) is 19.8 Å². The van der Waals surface area contributed by atoms with Crippen molar-refractivity contribution in [2.24, 2.45) is 0 Å². The van der Waals surface area contributed by atoms with Gasteiger partial charge < -0.3 is 9.72 Å². The Hall–Kier alpha value is -2.18. The van der Waals surface area contributed by atoms with E-state index in [1.807, 2.05) is 6.92 Å². The summed E-state index contributed by atoms with van der Waals surface area (Å²) in [6, 6.07) is 0.910. The Balaban J connectivity index is 2.88. The van der Waals surface area contributed by atoms with Crippen LogP contribution in [0.25, 0.3) is 0 Å². The van der Waals surface area contributed by atoms with Crippen LogP contribution in [0.5, 0.6) is 0 Å². The van der Waals surface area contributed by atoms with Crippen LogP contribution in [0.2, 0.25) is 0 Å². The molecule has 7 nitrogen and oxygen atoms in total. The Morgan fingerprint density at radius 2 is 2.29 bits per heavy atom. The first-order chi connectivity index (χ1) is 8.06. The summed E-state index contributed by atoms with van der Waals surface area (Å²) < 4.78 is 4.80. The van der Waals surface area contributed by atoms with Crippen LogP contribution in [-0.4, -0.2) is 22.5 Å². The number of esters is 1. The summed E-state index contributed by atoms with van der Waals surface area (Å²) in [7, 11) is 0. The van der Waals surface area contributed by atoms with Crippen molar-refractivity contribution in [3.63, 3.8) is 0 Å². The lowest BCUT2D eigenvalue weighted by molar-refractivity contribution is -0.385. The maximum absolute atomic E-state index is 11.5. The Labute approximate surface area is 96.6 Å². The average molecular weight is 240 g/mol. The van der Waals surface area contributed by atoms with E-state index in [0.717, 1.165) is 18.7 Å². The van der Waals surface area contributed by atoms with Gasteiger partial charge in [-0.3, -0.25) is 14.9 Å². The fourth-order valence-electron chi connectivity index (χ4n) is 1.12. The van der Waals surface area contributed by atoms with Gasteiger partial charge in [-0.1, -0.05) is 13.3 Å². The molecule has 1 rings (SSSR count). The molecular formula is C10H12N2O5. The number of H-pyrrole nitrogens is 1. The van der Waals surface area contributed by atoms with Gasteiger partial charge in [0.1, 0.15) is 5.56 Å². The van der Waals surface area contributed by atoms with Gasteiger partial charge in [0.2, 0.25) is 0 Å². The summed E-state index contributed by atoms with van der Waals surface area (Å²) in [5.41, 5.74) is -1.40. The number of aromatic nitrogens is 1. The monoisotopic (exact) mass is 240 g/mol. The van der Waals surface area contributed by atoms with Gasteiger partial charge >= 0.3 is 5.97 Å². The molecule has 0 aromatic carbocycles. The van der Waals surface area contributed by atoms with E-state index in [9.17, 15) is 19.7 Å². The molecule has 0 bridgehead atoms. The molecule has 0 unspecified atom stereocenters. The molecule has 0 saturated carbocycles. The lowest BCUT2D eigenvalue weighted by atomic mass is 10.2. The summed E-state index contributed by atoms with van der Waals surface area (Å²) in [4.78, 5) is 34.6. The molecule has 0 amide bonds. The zero-order valence-electron chi connectivity index (χ0n) is 9.26. The first-order valence-corrected chi connectivity index (χ1v) is 5.10. The molecular weight excluding hydrogens is 228 g/mol. The maximum atomic E-state index is 11.5. The van der Waals surface area contributed by atoms with E-state index in [2.05, 4.69) is 4.98 Å². The van der Waals surface area contributed by atoms with Crippen LogP contribution in [0, 0.1) is 10.1 Å². The normalized spacial score (nSPS) is 9.94. The number of hydrogen-bond donors (Lipinski definition) is 1. The smallest absolute Gasteiger partial charge is 0.344 e. The van der Waals surface area contributed by atoms with Gasteiger partial charge in [0.15, 0.2) is 0 Å². The molecule has 0 fully saturated rings. The first-order valence-electron chi connectivity index (χ1n) is 5.10. The molecule has 17 heavy (non-hydrogen) atoms. The second kappa shape index (κ2) is 5.78. The van der Waals surface area contributed by atoms with Gasteiger partial charge in [0.05, 0.1) is 17.7 Å². The predicted octanol–water partition coefficient (Wildman–Crippen LogP) is 1.24. The van der Waals surface area contributed by atoms with E-state index in [0.29, 0.717) is 6.42 Å². The lowest BCUT2D eigenvalue weighted by Gasteiger charge is -2.02. The van der Waals surface area contributed by atoms with E-state index in [1.54, 1.807) is 0 Å². The number of carbonyl (C=O) groups is 1. The second-order valence-electron chi connectivity index (χ2n) is 3.35. The van der Waals surface area contributed by atoms with E-state index in [4.69, 9.17) is 4.74 Å². The van der Waals surface area contributed by atoms with Crippen LogP contribution >= 0.6 is 0 Å². The van der Waals surface area contributed by atoms with Gasteiger partial charge in [-0.25, -0.2) is 4.79 Å².